The van der Waals surface area contributed by atoms with Crippen molar-refractivity contribution in [2.45, 2.75) is 39.8 Å². The maximum Gasteiger partial charge on any atom is 0.251 e. The Morgan fingerprint density at radius 3 is 2.58 bits per heavy atom. The molecule has 0 bridgehead atoms. The number of amides is 1. The Labute approximate surface area is 160 Å². The summed E-state index contributed by atoms with van der Waals surface area (Å²) in [5.41, 5.74) is 2.02. The summed E-state index contributed by atoms with van der Waals surface area (Å²) >= 11 is 6.19. The molecule has 0 aliphatic rings. The average molecular weight is 377 g/mol. The maximum atomic E-state index is 13.3. The number of hydrogen-bond donors (Lipinski definition) is 2. The van der Waals surface area contributed by atoms with E-state index in [9.17, 15) is 9.18 Å². The van der Waals surface area contributed by atoms with E-state index in [2.05, 4.69) is 24.5 Å². The monoisotopic (exact) mass is 376 g/mol. The zero-order valence-electron chi connectivity index (χ0n) is 15.7. The van der Waals surface area contributed by atoms with Crippen molar-refractivity contribution in [3.05, 3.63) is 70.0 Å². The number of benzene rings is 2. The minimum Gasteiger partial charge on any atom is -0.352 e. The van der Waals surface area contributed by atoms with Gasteiger partial charge in [-0.15, -0.1) is 0 Å². The summed E-state index contributed by atoms with van der Waals surface area (Å²) in [4.78, 5) is 12.2. The van der Waals surface area contributed by atoms with E-state index < -0.39 is 5.54 Å². The van der Waals surface area contributed by atoms with Crippen molar-refractivity contribution >= 4 is 17.5 Å². The third kappa shape index (κ3) is 5.55. The Morgan fingerprint density at radius 1 is 1.19 bits per heavy atom. The largest absolute Gasteiger partial charge is 0.352 e. The summed E-state index contributed by atoms with van der Waals surface area (Å²) in [6.45, 7) is 9.31. The molecule has 0 aliphatic carbocycles. The predicted molar refractivity (Wildman–Crippen MR) is 105 cm³/mol. The van der Waals surface area contributed by atoms with Crippen molar-refractivity contribution in [2.75, 3.05) is 6.54 Å². The molecular weight excluding hydrogens is 351 g/mol. The molecule has 1 amide bonds. The van der Waals surface area contributed by atoms with Crippen LogP contribution in [0.3, 0.4) is 0 Å². The molecule has 0 fully saturated rings. The molecule has 5 heteroatoms. The third-order valence-corrected chi connectivity index (χ3v) is 4.51. The molecule has 2 aromatic rings. The van der Waals surface area contributed by atoms with E-state index in [-0.39, 0.29) is 11.7 Å². The summed E-state index contributed by atoms with van der Waals surface area (Å²) in [7, 11) is 0. The number of carbonyl (C=O) groups is 1. The first-order valence-electron chi connectivity index (χ1n) is 8.77. The summed E-state index contributed by atoms with van der Waals surface area (Å²) in [5, 5.41) is 6.75. The highest BCUT2D eigenvalue weighted by Gasteiger charge is 2.23. The topological polar surface area (TPSA) is 41.1 Å². The molecule has 140 valence electrons. The number of carbonyl (C=O) groups excluding carboxylic acids is 1. The van der Waals surface area contributed by atoms with Gasteiger partial charge < -0.3 is 10.6 Å². The lowest BCUT2D eigenvalue weighted by atomic mass is 9.93. The Balaban J connectivity index is 2.06. The minimum absolute atomic E-state index is 0.0682. The summed E-state index contributed by atoms with van der Waals surface area (Å²) in [5.74, 6) is -0.0129. The van der Waals surface area contributed by atoms with Gasteiger partial charge in [-0.1, -0.05) is 43.6 Å². The fourth-order valence-electron chi connectivity index (χ4n) is 2.64. The Kier molecular flexibility index (Phi) is 6.79. The van der Waals surface area contributed by atoms with Crippen LogP contribution in [-0.2, 0) is 12.1 Å². The van der Waals surface area contributed by atoms with E-state index in [1.165, 1.54) is 12.1 Å². The van der Waals surface area contributed by atoms with Gasteiger partial charge in [-0.25, -0.2) is 4.39 Å². The Hall–Kier alpha value is -1.91. The highest BCUT2D eigenvalue weighted by Crippen LogP contribution is 2.28. The molecule has 0 atom stereocenters. The molecule has 0 aliphatic heterocycles. The number of rotatable bonds is 7. The van der Waals surface area contributed by atoms with Crippen molar-refractivity contribution in [3.8, 4) is 0 Å². The number of hydrogen-bond acceptors (Lipinski definition) is 2. The second-order valence-electron chi connectivity index (χ2n) is 7.41. The van der Waals surface area contributed by atoms with Crippen molar-refractivity contribution in [3.63, 3.8) is 0 Å². The van der Waals surface area contributed by atoms with Crippen LogP contribution in [0.1, 0.15) is 49.2 Å². The minimum atomic E-state index is -0.444. The van der Waals surface area contributed by atoms with Gasteiger partial charge in [0.1, 0.15) is 5.82 Å². The fourth-order valence-corrected chi connectivity index (χ4v) is 3.04. The lowest BCUT2D eigenvalue weighted by molar-refractivity contribution is 0.0949. The lowest BCUT2D eigenvalue weighted by Crippen LogP contribution is -2.36. The SMILES string of the molecule is CC(C)CNC(=O)c1cccc(CNC(C)(C)c2ccc(F)cc2Cl)c1. The Bertz CT molecular complexity index is 774. The van der Waals surface area contributed by atoms with Crippen LogP contribution in [0.2, 0.25) is 5.02 Å². The van der Waals surface area contributed by atoms with Crippen molar-refractivity contribution in [1.82, 2.24) is 10.6 Å². The lowest BCUT2D eigenvalue weighted by Gasteiger charge is -2.28. The van der Waals surface area contributed by atoms with Crippen molar-refractivity contribution in [2.24, 2.45) is 5.92 Å². The maximum absolute atomic E-state index is 13.3. The molecule has 2 aromatic carbocycles. The molecule has 0 heterocycles. The van der Waals surface area contributed by atoms with Gasteiger partial charge in [-0.05, 0) is 55.2 Å². The van der Waals surface area contributed by atoms with E-state index in [0.717, 1.165) is 11.1 Å². The summed E-state index contributed by atoms with van der Waals surface area (Å²) in [6.07, 6.45) is 0. The van der Waals surface area contributed by atoms with E-state index in [0.29, 0.717) is 29.6 Å². The predicted octanol–water partition coefficient (Wildman–Crippen LogP) is 4.89. The van der Waals surface area contributed by atoms with Crippen molar-refractivity contribution in [1.29, 1.82) is 0 Å². The molecule has 3 nitrogen and oxygen atoms in total. The smallest absolute Gasteiger partial charge is 0.251 e. The second kappa shape index (κ2) is 8.65. The molecule has 0 saturated carbocycles. The number of nitrogens with one attached hydrogen (secondary N) is 2. The standard InChI is InChI=1S/C21H26ClFN2O/c1-14(2)12-24-20(26)16-7-5-6-15(10-16)13-25-21(3,4)18-9-8-17(23)11-19(18)22/h5-11,14,25H,12-13H2,1-4H3,(H,24,26). The van der Waals surface area contributed by atoms with Gasteiger partial charge in [0.25, 0.3) is 5.91 Å². The van der Waals surface area contributed by atoms with E-state index >= 15 is 0 Å². The van der Waals surface area contributed by atoms with Crippen LogP contribution in [-0.4, -0.2) is 12.5 Å². The molecule has 2 rings (SSSR count). The van der Waals surface area contributed by atoms with Gasteiger partial charge in [0.05, 0.1) is 0 Å². The van der Waals surface area contributed by atoms with Gasteiger partial charge in [0.2, 0.25) is 0 Å². The average Bonchev–Trinajstić information content (AvgIpc) is 2.58. The van der Waals surface area contributed by atoms with E-state index in [1.807, 2.05) is 32.0 Å². The molecule has 0 unspecified atom stereocenters. The summed E-state index contributed by atoms with van der Waals surface area (Å²) in [6, 6.07) is 11.9. The third-order valence-electron chi connectivity index (χ3n) is 4.20. The van der Waals surface area contributed by atoms with E-state index in [4.69, 9.17) is 11.6 Å². The molecule has 0 spiro atoms. The van der Waals surface area contributed by atoms with Gasteiger partial charge >= 0.3 is 0 Å². The van der Waals surface area contributed by atoms with Crippen LogP contribution < -0.4 is 10.6 Å². The molecular formula is C21H26ClFN2O. The van der Waals surface area contributed by atoms with Gasteiger partial charge in [-0.3, -0.25) is 4.79 Å². The second-order valence-corrected chi connectivity index (χ2v) is 7.81. The number of halogens is 2. The van der Waals surface area contributed by atoms with Crippen LogP contribution >= 0.6 is 11.6 Å². The van der Waals surface area contributed by atoms with Gasteiger partial charge in [0, 0.05) is 29.2 Å². The normalized spacial score (nSPS) is 11.7. The van der Waals surface area contributed by atoms with Gasteiger partial charge in [0.15, 0.2) is 0 Å². The molecule has 0 aromatic heterocycles. The van der Waals surface area contributed by atoms with Crippen molar-refractivity contribution < 1.29 is 9.18 Å². The molecule has 26 heavy (non-hydrogen) atoms. The van der Waals surface area contributed by atoms with Crippen LogP contribution in [0.15, 0.2) is 42.5 Å². The van der Waals surface area contributed by atoms with Crippen LogP contribution in [0.25, 0.3) is 0 Å². The highest BCUT2D eigenvalue weighted by molar-refractivity contribution is 6.31. The first kappa shape index (κ1) is 20.4. The van der Waals surface area contributed by atoms with Crippen LogP contribution in [0, 0.1) is 11.7 Å². The highest BCUT2D eigenvalue weighted by atomic mass is 35.5. The molecule has 2 N–H and O–H groups in total. The summed E-state index contributed by atoms with van der Waals surface area (Å²) < 4.78 is 13.3. The van der Waals surface area contributed by atoms with Crippen LogP contribution in [0.4, 0.5) is 4.39 Å². The quantitative estimate of drug-likeness (QED) is 0.722. The Morgan fingerprint density at radius 2 is 1.92 bits per heavy atom. The fraction of sp³-hybridized carbons (Fsp3) is 0.381. The van der Waals surface area contributed by atoms with Crippen LogP contribution in [0.5, 0.6) is 0 Å². The first-order valence-corrected chi connectivity index (χ1v) is 9.14. The zero-order chi connectivity index (χ0) is 19.3. The van der Waals surface area contributed by atoms with E-state index in [1.54, 1.807) is 12.1 Å². The van der Waals surface area contributed by atoms with Gasteiger partial charge in [-0.2, -0.15) is 0 Å². The first-order chi connectivity index (χ1) is 12.2. The molecule has 0 radical (unpaired) electrons. The zero-order valence-corrected chi connectivity index (χ0v) is 16.5. The molecule has 0 saturated heterocycles.